The van der Waals surface area contributed by atoms with E-state index >= 15 is 0 Å². The number of nitrogens with zero attached hydrogens (tertiary/aromatic N) is 2. The van der Waals surface area contributed by atoms with Gasteiger partial charge in [0.05, 0.1) is 18.8 Å². The molecule has 1 N–H and O–H groups in total. The summed E-state index contributed by atoms with van der Waals surface area (Å²) in [4.78, 5) is 20.4. The van der Waals surface area contributed by atoms with Crippen LogP contribution in [0.15, 0.2) is 57.0 Å². The first kappa shape index (κ1) is 19.4. The zero-order chi connectivity index (χ0) is 18.2. The van der Waals surface area contributed by atoms with Crippen LogP contribution in [-0.2, 0) is 4.74 Å². The molecule has 2 aromatic rings. The average Bonchev–Trinajstić information content (AvgIpc) is 2.68. The number of nitrogens with one attached hydrogen (secondary N) is 1. The number of benzene rings is 1. The van der Waals surface area contributed by atoms with Gasteiger partial charge in [0, 0.05) is 35.2 Å². The molecule has 1 saturated heterocycles. The molecule has 1 fully saturated rings. The fourth-order valence-electron chi connectivity index (χ4n) is 2.68. The van der Waals surface area contributed by atoms with Gasteiger partial charge in [0.2, 0.25) is 0 Å². The van der Waals surface area contributed by atoms with Crippen LogP contribution in [0.2, 0.25) is 0 Å². The highest BCUT2D eigenvalue weighted by Gasteiger charge is 2.14. The summed E-state index contributed by atoms with van der Waals surface area (Å²) < 4.78 is 6.38. The number of carbonyl (C=O) groups is 1. The molecule has 138 valence electrons. The fourth-order valence-corrected chi connectivity index (χ4v) is 3.83. The Morgan fingerprint density at radius 2 is 2.00 bits per heavy atom. The Balaban J connectivity index is 1.52. The Bertz CT molecular complexity index is 721. The van der Waals surface area contributed by atoms with Gasteiger partial charge in [-0.25, -0.2) is 4.98 Å². The van der Waals surface area contributed by atoms with Gasteiger partial charge in [0.1, 0.15) is 5.03 Å². The molecule has 26 heavy (non-hydrogen) atoms. The molecular formula is C19H22BrN3O2S. The second-order valence-electron chi connectivity index (χ2n) is 5.98. The van der Waals surface area contributed by atoms with Crippen LogP contribution in [0.4, 0.5) is 0 Å². The first-order valence-electron chi connectivity index (χ1n) is 8.69. The molecule has 0 aliphatic carbocycles. The van der Waals surface area contributed by atoms with Gasteiger partial charge in [-0.1, -0.05) is 27.7 Å². The van der Waals surface area contributed by atoms with Crippen molar-refractivity contribution in [3.63, 3.8) is 0 Å². The number of pyridine rings is 1. The lowest BCUT2D eigenvalue weighted by molar-refractivity contribution is 0.0374. The van der Waals surface area contributed by atoms with Gasteiger partial charge < -0.3 is 10.1 Å². The number of ether oxygens (including phenoxy) is 1. The predicted molar refractivity (Wildman–Crippen MR) is 107 cm³/mol. The van der Waals surface area contributed by atoms with Crippen molar-refractivity contribution in [1.29, 1.82) is 0 Å². The molecule has 0 bridgehead atoms. The quantitative estimate of drug-likeness (QED) is 0.674. The van der Waals surface area contributed by atoms with E-state index in [9.17, 15) is 4.79 Å². The standard InChI is InChI=1S/C19H22BrN3O2S/c20-15-4-6-16(7-5-15)26-19-17(3-1-8-22-19)18(24)21-9-2-10-23-11-13-25-14-12-23/h1,3-8H,2,9-14H2,(H,21,24). The Kier molecular flexibility index (Phi) is 7.49. The van der Waals surface area contributed by atoms with Gasteiger partial charge in [0.15, 0.2) is 0 Å². The molecule has 0 spiro atoms. The first-order valence-corrected chi connectivity index (χ1v) is 10.3. The van der Waals surface area contributed by atoms with Gasteiger partial charge >= 0.3 is 0 Å². The second kappa shape index (κ2) is 10.1. The smallest absolute Gasteiger partial charge is 0.254 e. The number of rotatable bonds is 7. The summed E-state index contributed by atoms with van der Waals surface area (Å²) >= 11 is 4.93. The van der Waals surface area contributed by atoms with E-state index in [4.69, 9.17) is 4.74 Å². The molecule has 5 nitrogen and oxygen atoms in total. The monoisotopic (exact) mass is 435 g/mol. The minimum atomic E-state index is -0.0697. The Labute approximate surface area is 166 Å². The molecule has 1 aromatic heterocycles. The summed E-state index contributed by atoms with van der Waals surface area (Å²) in [6.07, 6.45) is 2.65. The zero-order valence-electron chi connectivity index (χ0n) is 14.5. The lowest BCUT2D eigenvalue weighted by Gasteiger charge is -2.26. The van der Waals surface area contributed by atoms with Crippen molar-refractivity contribution >= 4 is 33.6 Å². The van der Waals surface area contributed by atoms with E-state index in [2.05, 4.69) is 31.1 Å². The van der Waals surface area contributed by atoms with Crippen molar-refractivity contribution in [3.8, 4) is 0 Å². The van der Waals surface area contributed by atoms with Crippen molar-refractivity contribution < 1.29 is 9.53 Å². The highest BCUT2D eigenvalue weighted by Crippen LogP contribution is 2.29. The summed E-state index contributed by atoms with van der Waals surface area (Å²) in [5.74, 6) is -0.0697. The van der Waals surface area contributed by atoms with Crippen LogP contribution in [0.5, 0.6) is 0 Å². The molecule has 7 heteroatoms. The number of halogens is 1. The Morgan fingerprint density at radius 1 is 1.23 bits per heavy atom. The number of morpholine rings is 1. The van der Waals surface area contributed by atoms with Gasteiger partial charge in [-0.15, -0.1) is 0 Å². The normalized spacial score (nSPS) is 15.0. The third kappa shape index (κ3) is 5.81. The molecule has 0 atom stereocenters. The van der Waals surface area contributed by atoms with E-state index in [0.29, 0.717) is 12.1 Å². The molecular weight excluding hydrogens is 414 g/mol. The summed E-state index contributed by atoms with van der Waals surface area (Å²) in [6.45, 7) is 5.21. The van der Waals surface area contributed by atoms with E-state index in [0.717, 1.165) is 53.7 Å². The molecule has 1 aliphatic heterocycles. The highest BCUT2D eigenvalue weighted by molar-refractivity contribution is 9.10. The van der Waals surface area contributed by atoms with Crippen molar-refractivity contribution in [2.75, 3.05) is 39.4 Å². The van der Waals surface area contributed by atoms with Crippen molar-refractivity contribution in [2.45, 2.75) is 16.3 Å². The SMILES string of the molecule is O=C(NCCCN1CCOCC1)c1cccnc1Sc1ccc(Br)cc1. The Hall–Kier alpha value is -1.41. The average molecular weight is 436 g/mol. The first-order chi connectivity index (χ1) is 12.7. The third-order valence-electron chi connectivity index (χ3n) is 4.08. The summed E-state index contributed by atoms with van der Waals surface area (Å²) in [7, 11) is 0. The van der Waals surface area contributed by atoms with Crippen LogP contribution in [0.25, 0.3) is 0 Å². The number of hydrogen-bond acceptors (Lipinski definition) is 5. The molecule has 1 aromatic carbocycles. The maximum Gasteiger partial charge on any atom is 0.254 e. The van der Waals surface area contributed by atoms with Crippen LogP contribution in [0, 0.1) is 0 Å². The molecule has 0 saturated carbocycles. The van der Waals surface area contributed by atoms with Gasteiger partial charge in [-0.3, -0.25) is 9.69 Å². The van der Waals surface area contributed by atoms with E-state index in [-0.39, 0.29) is 5.91 Å². The molecule has 1 amide bonds. The van der Waals surface area contributed by atoms with Gasteiger partial charge in [-0.2, -0.15) is 0 Å². The highest BCUT2D eigenvalue weighted by atomic mass is 79.9. The maximum atomic E-state index is 12.6. The van der Waals surface area contributed by atoms with Crippen molar-refractivity contribution in [2.24, 2.45) is 0 Å². The van der Waals surface area contributed by atoms with Crippen LogP contribution in [0.3, 0.4) is 0 Å². The largest absolute Gasteiger partial charge is 0.379 e. The zero-order valence-corrected chi connectivity index (χ0v) is 16.9. The van der Waals surface area contributed by atoms with E-state index < -0.39 is 0 Å². The predicted octanol–water partition coefficient (Wildman–Crippen LogP) is 3.45. The number of hydrogen-bond donors (Lipinski definition) is 1. The molecule has 0 unspecified atom stereocenters. The topological polar surface area (TPSA) is 54.5 Å². The summed E-state index contributed by atoms with van der Waals surface area (Å²) in [5, 5.41) is 3.74. The van der Waals surface area contributed by atoms with Gasteiger partial charge in [-0.05, 0) is 49.4 Å². The van der Waals surface area contributed by atoms with Crippen LogP contribution >= 0.6 is 27.7 Å². The molecule has 1 aliphatic rings. The van der Waals surface area contributed by atoms with Gasteiger partial charge in [0.25, 0.3) is 5.91 Å². The Morgan fingerprint density at radius 3 is 2.77 bits per heavy atom. The fraction of sp³-hybridized carbons (Fsp3) is 0.368. The number of carbonyl (C=O) groups excluding carboxylic acids is 1. The maximum absolute atomic E-state index is 12.6. The van der Waals surface area contributed by atoms with Crippen molar-refractivity contribution in [3.05, 3.63) is 52.6 Å². The van der Waals surface area contributed by atoms with Crippen molar-refractivity contribution in [1.82, 2.24) is 15.2 Å². The minimum absolute atomic E-state index is 0.0697. The second-order valence-corrected chi connectivity index (χ2v) is 7.95. The minimum Gasteiger partial charge on any atom is -0.379 e. The van der Waals surface area contributed by atoms with Crippen LogP contribution in [0.1, 0.15) is 16.8 Å². The summed E-state index contributed by atoms with van der Waals surface area (Å²) in [6, 6.07) is 11.6. The third-order valence-corrected chi connectivity index (χ3v) is 5.64. The van der Waals surface area contributed by atoms with E-state index in [1.54, 1.807) is 12.3 Å². The number of aromatic nitrogens is 1. The lowest BCUT2D eigenvalue weighted by Crippen LogP contribution is -2.38. The lowest BCUT2D eigenvalue weighted by atomic mass is 10.2. The molecule has 2 heterocycles. The molecule has 0 radical (unpaired) electrons. The van der Waals surface area contributed by atoms with Crippen LogP contribution in [-0.4, -0.2) is 55.2 Å². The van der Waals surface area contributed by atoms with Crippen LogP contribution < -0.4 is 5.32 Å². The summed E-state index contributed by atoms with van der Waals surface area (Å²) in [5.41, 5.74) is 0.617. The van der Waals surface area contributed by atoms with E-state index in [1.165, 1.54) is 11.8 Å². The number of amides is 1. The van der Waals surface area contributed by atoms with E-state index in [1.807, 2.05) is 30.3 Å². The molecule has 3 rings (SSSR count).